The average Bonchev–Trinajstić information content (AvgIpc) is 2.56. The molecule has 0 spiro atoms. The molecular weight excluding hydrogens is 304 g/mol. The first kappa shape index (κ1) is 19.8. The fraction of sp³-hybridized carbons (Fsp3) is 0.600. The predicted molar refractivity (Wildman–Crippen MR) is 102 cm³/mol. The van der Waals surface area contributed by atoms with E-state index in [0.29, 0.717) is 11.1 Å². The van der Waals surface area contributed by atoms with Crippen molar-refractivity contribution in [3.8, 4) is 0 Å². The van der Waals surface area contributed by atoms with Gasteiger partial charge in [-0.3, -0.25) is 0 Å². The van der Waals surface area contributed by atoms with Gasteiger partial charge in [-0.05, 0) is 18.9 Å². The Morgan fingerprint density at radius 3 is 1.87 bits per heavy atom. The van der Waals surface area contributed by atoms with Gasteiger partial charge in [-0.15, -0.1) is 0 Å². The minimum atomic E-state index is -0.897. The van der Waals surface area contributed by atoms with E-state index in [1.54, 1.807) is 12.1 Å². The third kappa shape index (κ3) is 8.26. The summed E-state index contributed by atoms with van der Waals surface area (Å²) in [5.41, 5.74) is 1.04. The molecule has 1 N–H and O–H groups in total. The molecule has 0 unspecified atom stereocenters. The molecule has 1 aromatic carbocycles. The number of rotatable bonds is 13. The van der Waals surface area contributed by atoms with Crippen LogP contribution in [-0.4, -0.2) is 15.9 Å². The molecule has 2 nitrogen and oxygen atoms in total. The molecular formula is C20H30O2S. The van der Waals surface area contributed by atoms with Crippen LogP contribution in [0.3, 0.4) is 0 Å². The van der Waals surface area contributed by atoms with Crippen LogP contribution in [0.1, 0.15) is 93.5 Å². The quantitative estimate of drug-likeness (QED) is 0.257. The van der Waals surface area contributed by atoms with E-state index >= 15 is 0 Å². The van der Waals surface area contributed by atoms with Crippen LogP contribution < -0.4 is 0 Å². The molecule has 128 valence electrons. The molecule has 0 fully saturated rings. The Morgan fingerprint density at radius 2 is 1.35 bits per heavy atom. The van der Waals surface area contributed by atoms with E-state index in [2.05, 4.69) is 6.92 Å². The largest absolute Gasteiger partial charge is 0.478 e. The van der Waals surface area contributed by atoms with Crippen LogP contribution in [0.25, 0.3) is 0 Å². The van der Waals surface area contributed by atoms with Crippen molar-refractivity contribution in [2.45, 2.75) is 77.6 Å². The van der Waals surface area contributed by atoms with Crippen LogP contribution in [0.2, 0.25) is 0 Å². The van der Waals surface area contributed by atoms with E-state index in [1.807, 2.05) is 12.1 Å². The van der Waals surface area contributed by atoms with Crippen molar-refractivity contribution in [2.75, 3.05) is 0 Å². The molecule has 23 heavy (non-hydrogen) atoms. The highest BCUT2D eigenvalue weighted by Crippen LogP contribution is 2.16. The molecule has 0 aliphatic carbocycles. The van der Waals surface area contributed by atoms with Gasteiger partial charge in [0.1, 0.15) is 0 Å². The van der Waals surface area contributed by atoms with Gasteiger partial charge in [0.05, 0.1) is 5.56 Å². The predicted octanol–water partition coefficient (Wildman–Crippen LogP) is 6.41. The maximum Gasteiger partial charge on any atom is 0.336 e. The van der Waals surface area contributed by atoms with Gasteiger partial charge in [-0.25, -0.2) is 4.79 Å². The number of hydrogen-bond donors (Lipinski definition) is 1. The molecule has 0 aromatic heterocycles. The van der Waals surface area contributed by atoms with Gasteiger partial charge >= 0.3 is 5.97 Å². The minimum absolute atomic E-state index is 0.324. The molecule has 0 heterocycles. The van der Waals surface area contributed by atoms with Crippen LogP contribution in [0.5, 0.6) is 0 Å². The molecule has 0 bridgehead atoms. The molecule has 0 saturated heterocycles. The second-order valence-electron chi connectivity index (χ2n) is 6.21. The van der Waals surface area contributed by atoms with Gasteiger partial charge < -0.3 is 5.11 Å². The van der Waals surface area contributed by atoms with Crippen LogP contribution >= 0.6 is 12.2 Å². The number of carbonyl (C=O) groups is 1. The molecule has 0 aliphatic heterocycles. The second-order valence-corrected chi connectivity index (χ2v) is 6.70. The first-order valence-corrected chi connectivity index (χ1v) is 9.43. The van der Waals surface area contributed by atoms with Crippen molar-refractivity contribution in [3.63, 3.8) is 0 Å². The third-order valence-electron chi connectivity index (χ3n) is 4.22. The normalized spacial score (nSPS) is 10.7. The van der Waals surface area contributed by atoms with Crippen molar-refractivity contribution in [1.29, 1.82) is 0 Å². The first-order valence-electron chi connectivity index (χ1n) is 9.02. The van der Waals surface area contributed by atoms with Crippen molar-refractivity contribution >= 4 is 23.1 Å². The molecule has 0 radical (unpaired) electrons. The maximum absolute atomic E-state index is 11.2. The molecule has 1 rings (SSSR count). The Bertz CT molecular complexity index is 482. The summed E-state index contributed by atoms with van der Waals surface area (Å²) in [5, 5.41) is 9.20. The monoisotopic (exact) mass is 334 g/mol. The van der Waals surface area contributed by atoms with Gasteiger partial charge in [-0.2, -0.15) is 0 Å². The Hall–Kier alpha value is -1.22. The number of carboxylic acids is 1. The van der Waals surface area contributed by atoms with Crippen LogP contribution in [-0.2, 0) is 0 Å². The van der Waals surface area contributed by atoms with Gasteiger partial charge in [0, 0.05) is 10.4 Å². The third-order valence-corrected chi connectivity index (χ3v) is 4.64. The first-order chi connectivity index (χ1) is 11.2. The fourth-order valence-corrected chi connectivity index (χ4v) is 3.14. The number of carboxylic acid groups (broad SMARTS) is 1. The number of hydrogen-bond acceptors (Lipinski definition) is 2. The molecule has 0 amide bonds. The van der Waals surface area contributed by atoms with E-state index in [0.717, 1.165) is 17.7 Å². The van der Waals surface area contributed by atoms with E-state index in [1.165, 1.54) is 57.8 Å². The van der Waals surface area contributed by atoms with Gasteiger partial charge in [-0.1, -0.05) is 95.1 Å². The summed E-state index contributed by atoms with van der Waals surface area (Å²) in [4.78, 5) is 12.0. The lowest BCUT2D eigenvalue weighted by molar-refractivity contribution is 0.0696. The Labute approximate surface area is 146 Å². The van der Waals surface area contributed by atoms with Gasteiger partial charge in [0.25, 0.3) is 0 Å². The van der Waals surface area contributed by atoms with Crippen molar-refractivity contribution in [2.24, 2.45) is 0 Å². The van der Waals surface area contributed by atoms with E-state index in [-0.39, 0.29) is 0 Å². The van der Waals surface area contributed by atoms with Crippen LogP contribution in [0.15, 0.2) is 24.3 Å². The number of unbranched alkanes of at least 4 members (excludes halogenated alkanes) is 9. The molecule has 1 aromatic rings. The smallest absolute Gasteiger partial charge is 0.336 e. The second kappa shape index (κ2) is 12.2. The van der Waals surface area contributed by atoms with Crippen molar-refractivity contribution in [1.82, 2.24) is 0 Å². The number of aromatic carboxylic acids is 1. The summed E-state index contributed by atoms with van der Waals surface area (Å²) in [5.74, 6) is -0.897. The summed E-state index contributed by atoms with van der Waals surface area (Å²) < 4.78 is 0. The maximum atomic E-state index is 11.2. The standard InChI is InChI=1S/C20H30O2S/c1-2-3-4-5-6-7-8-9-10-11-16-19(23)17-14-12-13-15-18(17)20(21)22/h12-15H,2-11,16H2,1H3,(H,21,22). The highest BCUT2D eigenvalue weighted by molar-refractivity contribution is 7.80. The lowest BCUT2D eigenvalue weighted by atomic mass is 10.00. The number of benzene rings is 1. The van der Waals surface area contributed by atoms with Gasteiger partial charge in [0.2, 0.25) is 0 Å². The summed E-state index contributed by atoms with van der Waals surface area (Å²) in [6.07, 6.45) is 13.8. The zero-order chi connectivity index (χ0) is 16.9. The highest BCUT2D eigenvalue weighted by atomic mass is 32.1. The minimum Gasteiger partial charge on any atom is -0.478 e. The summed E-state index contributed by atoms with van der Waals surface area (Å²) >= 11 is 5.42. The number of thiocarbonyl (C=S) groups is 1. The summed E-state index contributed by atoms with van der Waals surface area (Å²) in [7, 11) is 0. The highest BCUT2D eigenvalue weighted by Gasteiger charge is 2.12. The molecule has 0 saturated carbocycles. The van der Waals surface area contributed by atoms with E-state index in [9.17, 15) is 9.90 Å². The summed E-state index contributed by atoms with van der Waals surface area (Å²) in [6, 6.07) is 7.05. The fourth-order valence-electron chi connectivity index (χ4n) is 2.82. The Kier molecular flexibility index (Phi) is 10.5. The van der Waals surface area contributed by atoms with Crippen LogP contribution in [0, 0.1) is 0 Å². The Balaban J connectivity index is 2.14. The summed E-state index contributed by atoms with van der Waals surface area (Å²) in [6.45, 7) is 2.25. The lowest BCUT2D eigenvalue weighted by Gasteiger charge is -2.07. The zero-order valence-electron chi connectivity index (χ0n) is 14.4. The molecule has 0 aliphatic rings. The molecule has 3 heteroatoms. The lowest BCUT2D eigenvalue weighted by Crippen LogP contribution is -2.07. The van der Waals surface area contributed by atoms with Gasteiger partial charge in [0.15, 0.2) is 0 Å². The van der Waals surface area contributed by atoms with E-state index < -0.39 is 5.97 Å². The topological polar surface area (TPSA) is 37.3 Å². The van der Waals surface area contributed by atoms with Crippen LogP contribution in [0.4, 0.5) is 0 Å². The Morgan fingerprint density at radius 1 is 0.870 bits per heavy atom. The van der Waals surface area contributed by atoms with Crippen molar-refractivity contribution < 1.29 is 9.90 Å². The molecule has 0 atom stereocenters. The van der Waals surface area contributed by atoms with E-state index in [4.69, 9.17) is 12.2 Å². The SMILES string of the molecule is CCCCCCCCCCCCC(=S)c1ccccc1C(=O)O. The average molecular weight is 335 g/mol. The van der Waals surface area contributed by atoms with Crippen molar-refractivity contribution in [3.05, 3.63) is 35.4 Å². The zero-order valence-corrected chi connectivity index (χ0v) is 15.2.